The molecule has 0 aromatic carbocycles. The summed E-state index contributed by atoms with van der Waals surface area (Å²) in [5.74, 6) is 0.657. The molecule has 2 atom stereocenters. The van der Waals surface area contributed by atoms with Crippen molar-refractivity contribution < 1.29 is 4.79 Å². The molecular weight excluding hydrogens is 112 g/mol. The normalized spacial score (nSPS) is 37.6. The first-order valence-corrected chi connectivity index (χ1v) is 3.22. The minimum atomic E-state index is 0.198. The van der Waals surface area contributed by atoms with E-state index in [4.69, 9.17) is 0 Å². The van der Waals surface area contributed by atoms with Gasteiger partial charge in [0, 0.05) is 5.92 Å². The Bertz CT molecular complexity index is 131. The number of carbonyl (C=O) groups is 1. The van der Waals surface area contributed by atoms with Gasteiger partial charge in [0.15, 0.2) is 0 Å². The molecule has 1 saturated carbocycles. The molecule has 1 aliphatic carbocycles. The van der Waals surface area contributed by atoms with E-state index >= 15 is 0 Å². The molecule has 1 aliphatic rings. The lowest BCUT2D eigenvalue weighted by Crippen LogP contribution is -1.89. The van der Waals surface area contributed by atoms with Crippen LogP contribution in [0.2, 0.25) is 0 Å². The van der Waals surface area contributed by atoms with E-state index in [0.29, 0.717) is 5.92 Å². The highest BCUT2D eigenvalue weighted by Gasteiger charge is 2.55. The van der Waals surface area contributed by atoms with Crippen LogP contribution in [0.15, 0.2) is 12.7 Å². The molecular formula is C8H12O. The third-order valence-electron chi connectivity index (χ3n) is 2.40. The van der Waals surface area contributed by atoms with Gasteiger partial charge in [-0.1, -0.05) is 19.9 Å². The van der Waals surface area contributed by atoms with E-state index in [1.165, 1.54) is 0 Å². The van der Waals surface area contributed by atoms with E-state index in [1.54, 1.807) is 0 Å². The number of hydrogen-bond donors (Lipinski definition) is 0. The summed E-state index contributed by atoms with van der Waals surface area (Å²) in [4.78, 5) is 10.3. The molecule has 0 spiro atoms. The number of rotatable bonds is 2. The fourth-order valence-corrected chi connectivity index (χ4v) is 1.43. The van der Waals surface area contributed by atoms with Gasteiger partial charge in [-0.05, 0) is 11.3 Å². The second kappa shape index (κ2) is 1.69. The maximum atomic E-state index is 10.3. The zero-order chi connectivity index (χ0) is 7.07. The molecule has 1 rings (SSSR count). The number of aldehydes is 1. The van der Waals surface area contributed by atoms with E-state index in [2.05, 4.69) is 20.4 Å². The molecule has 0 radical (unpaired) electrons. The van der Waals surface area contributed by atoms with Gasteiger partial charge in [-0.2, -0.15) is 0 Å². The van der Waals surface area contributed by atoms with Crippen molar-refractivity contribution in [2.24, 2.45) is 17.3 Å². The Morgan fingerprint density at radius 1 is 1.44 bits per heavy atom. The summed E-state index contributed by atoms with van der Waals surface area (Å²) in [6.45, 7) is 7.85. The van der Waals surface area contributed by atoms with E-state index in [1.807, 2.05) is 6.08 Å². The van der Waals surface area contributed by atoms with E-state index in [0.717, 1.165) is 6.29 Å². The van der Waals surface area contributed by atoms with Gasteiger partial charge in [0.1, 0.15) is 6.29 Å². The number of carbonyl (C=O) groups excluding carboxylic acids is 1. The molecule has 0 bridgehead atoms. The quantitative estimate of drug-likeness (QED) is 0.404. The van der Waals surface area contributed by atoms with Gasteiger partial charge in [0.25, 0.3) is 0 Å². The lowest BCUT2D eigenvalue weighted by atomic mass is 10.1. The summed E-state index contributed by atoms with van der Waals surface area (Å²) >= 11 is 0. The van der Waals surface area contributed by atoms with Crippen LogP contribution in [0.1, 0.15) is 13.8 Å². The molecule has 1 nitrogen and oxygen atoms in total. The molecule has 0 amide bonds. The van der Waals surface area contributed by atoms with Crippen LogP contribution in [0.3, 0.4) is 0 Å². The highest BCUT2D eigenvalue weighted by atomic mass is 16.1. The molecule has 0 saturated heterocycles. The Morgan fingerprint density at radius 2 is 2.00 bits per heavy atom. The standard InChI is InChI=1S/C8H12O/c1-4-6-7(5-9)8(6,2)3/h4-7H,1H2,2-3H3/t6-,7+/m0/s1. The topological polar surface area (TPSA) is 17.1 Å². The predicted molar refractivity (Wildman–Crippen MR) is 37.0 cm³/mol. The third-order valence-corrected chi connectivity index (χ3v) is 2.40. The van der Waals surface area contributed by atoms with E-state index < -0.39 is 0 Å². The number of allylic oxidation sites excluding steroid dienone is 1. The lowest BCUT2D eigenvalue weighted by molar-refractivity contribution is -0.109. The van der Waals surface area contributed by atoms with Gasteiger partial charge >= 0.3 is 0 Å². The molecule has 50 valence electrons. The minimum Gasteiger partial charge on any atom is -0.303 e. The first kappa shape index (κ1) is 6.53. The SMILES string of the molecule is C=C[C@H]1[C@@H](C=O)C1(C)C. The monoisotopic (exact) mass is 124 g/mol. The zero-order valence-corrected chi connectivity index (χ0v) is 5.92. The summed E-state index contributed by atoms with van der Waals surface area (Å²) < 4.78 is 0. The molecule has 1 fully saturated rings. The Hall–Kier alpha value is -0.590. The van der Waals surface area contributed by atoms with Crippen molar-refractivity contribution in [1.82, 2.24) is 0 Å². The predicted octanol–water partition coefficient (Wildman–Crippen LogP) is 1.64. The van der Waals surface area contributed by atoms with E-state index in [9.17, 15) is 4.79 Å². The van der Waals surface area contributed by atoms with Gasteiger partial charge in [0.2, 0.25) is 0 Å². The van der Waals surface area contributed by atoms with Crippen molar-refractivity contribution in [2.75, 3.05) is 0 Å². The van der Waals surface area contributed by atoms with Crippen LogP contribution in [0.5, 0.6) is 0 Å². The lowest BCUT2D eigenvalue weighted by Gasteiger charge is -1.94. The van der Waals surface area contributed by atoms with Gasteiger partial charge in [0.05, 0.1) is 0 Å². The minimum absolute atomic E-state index is 0.198. The van der Waals surface area contributed by atoms with Crippen molar-refractivity contribution in [3.63, 3.8) is 0 Å². The van der Waals surface area contributed by atoms with Crippen LogP contribution in [-0.4, -0.2) is 6.29 Å². The second-order valence-electron chi connectivity index (χ2n) is 3.24. The van der Waals surface area contributed by atoms with Crippen molar-refractivity contribution in [3.8, 4) is 0 Å². The zero-order valence-electron chi connectivity index (χ0n) is 5.92. The van der Waals surface area contributed by atoms with Crippen LogP contribution < -0.4 is 0 Å². The van der Waals surface area contributed by atoms with Crippen LogP contribution in [0, 0.1) is 17.3 Å². The Labute approximate surface area is 55.8 Å². The largest absolute Gasteiger partial charge is 0.303 e. The summed E-state index contributed by atoms with van der Waals surface area (Å²) in [5.41, 5.74) is 0.198. The first-order chi connectivity index (χ1) is 4.14. The average Bonchev–Trinajstić information content (AvgIpc) is 2.32. The molecule has 9 heavy (non-hydrogen) atoms. The highest BCUT2D eigenvalue weighted by Crippen LogP contribution is 2.57. The van der Waals surface area contributed by atoms with Crippen molar-refractivity contribution in [1.29, 1.82) is 0 Å². The Kier molecular flexibility index (Phi) is 1.23. The summed E-state index contributed by atoms with van der Waals surface area (Å²) in [6, 6.07) is 0. The fraction of sp³-hybridized carbons (Fsp3) is 0.625. The molecule has 1 heteroatoms. The first-order valence-electron chi connectivity index (χ1n) is 3.22. The average molecular weight is 124 g/mol. The molecule has 0 unspecified atom stereocenters. The summed E-state index contributed by atoms with van der Waals surface area (Å²) in [6.07, 6.45) is 2.91. The van der Waals surface area contributed by atoms with Crippen LogP contribution >= 0.6 is 0 Å². The molecule has 0 aromatic heterocycles. The maximum Gasteiger partial charge on any atom is 0.124 e. The Balaban J connectivity index is 2.64. The van der Waals surface area contributed by atoms with Gasteiger partial charge in [-0.15, -0.1) is 6.58 Å². The van der Waals surface area contributed by atoms with E-state index in [-0.39, 0.29) is 11.3 Å². The van der Waals surface area contributed by atoms with Crippen LogP contribution in [0.4, 0.5) is 0 Å². The number of hydrogen-bond acceptors (Lipinski definition) is 1. The third kappa shape index (κ3) is 0.716. The molecule has 0 aliphatic heterocycles. The van der Waals surface area contributed by atoms with Crippen LogP contribution in [-0.2, 0) is 4.79 Å². The smallest absolute Gasteiger partial charge is 0.124 e. The highest BCUT2D eigenvalue weighted by molar-refractivity contribution is 5.62. The van der Waals surface area contributed by atoms with Gasteiger partial charge in [-0.3, -0.25) is 0 Å². The van der Waals surface area contributed by atoms with Crippen molar-refractivity contribution in [3.05, 3.63) is 12.7 Å². The molecule has 0 N–H and O–H groups in total. The fourth-order valence-electron chi connectivity index (χ4n) is 1.43. The molecule has 0 heterocycles. The Morgan fingerprint density at radius 3 is 2.11 bits per heavy atom. The van der Waals surface area contributed by atoms with Crippen molar-refractivity contribution in [2.45, 2.75) is 13.8 Å². The summed E-state index contributed by atoms with van der Waals surface area (Å²) in [7, 11) is 0. The van der Waals surface area contributed by atoms with Crippen LogP contribution in [0.25, 0.3) is 0 Å². The summed E-state index contributed by atoms with van der Waals surface area (Å²) in [5, 5.41) is 0. The van der Waals surface area contributed by atoms with Gasteiger partial charge < -0.3 is 4.79 Å². The molecule has 0 aromatic rings. The van der Waals surface area contributed by atoms with Crippen molar-refractivity contribution >= 4 is 6.29 Å². The van der Waals surface area contributed by atoms with Gasteiger partial charge in [-0.25, -0.2) is 0 Å². The second-order valence-corrected chi connectivity index (χ2v) is 3.24. The maximum absolute atomic E-state index is 10.3.